The molecule has 2 unspecified atom stereocenters. The number of carbonyl (C=O) groups is 1. The third-order valence-electron chi connectivity index (χ3n) is 7.26. The molecule has 1 aromatic heterocycles. The van der Waals surface area contributed by atoms with Crippen LogP contribution in [0, 0.1) is 11.8 Å². The van der Waals surface area contributed by atoms with E-state index in [2.05, 4.69) is 14.8 Å². The zero-order valence-corrected chi connectivity index (χ0v) is 20.5. The molecule has 0 aliphatic carbocycles. The van der Waals surface area contributed by atoms with E-state index in [1.807, 2.05) is 85.9 Å². The lowest BCUT2D eigenvalue weighted by atomic mass is 9.84. The van der Waals surface area contributed by atoms with Gasteiger partial charge >= 0.3 is 0 Å². The Bertz CT molecular complexity index is 1370. The van der Waals surface area contributed by atoms with Gasteiger partial charge in [-0.15, -0.1) is 0 Å². The zero-order valence-electron chi connectivity index (χ0n) is 20.5. The molecular formula is C30H30N4O2. The Morgan fingerprint density at radius 3 is 2.42 bits per heavy atom. The number of nitrogens with zero attached hydrogens (tertiary/aromatic N) is 4. The van der Waals surface area contributed by atoms with Crippen molar-refractivity contribution in [3.63, 3.8) is 0 Å². The standard InChI is InChI=1S/C30H30N4O2/c1-2-36-25-13-11-23(12-14-25)26-8-4-5-9-27(26)29(35)33-17-21-15-22(18-33)20-34(19-21)30-31-16-24-7-3-6-10-28(24)32-30/h3-14,16,21-22H,2,15,17-20H2,1H3. The van der Waals surface area contributed by atoms with Gasteiger partial charge in [0.25, 0.3) is 5.91 Å². The lowest BCUT2D eigenvalue weighted by Crippen LogP contribution is -2.54. The summed E-state index contributed by atoms with van der Waals surface area (Å²) < 4.78 is 5.59. The molecule has 182 valence electrons. The van der Waals surface area contributed by atoms with Crippen molar-refractivity contribution >= 4 is 22.8 Å². The van der Waals surface area contributed by atoms with Crippen molar-refractivity contribution in [3.8, 4) is 16.9 Å². The van der Waals surface area contributed by atoms with Gasteiger partial charge in [-0.2, -0.15) is 0 Å². The van der Waals surface area contributed by atoms with Crippen LogP contribution >= 0.6 is 0 Å². The second kappa shape index (κ2) is 9.61. The fourth-order valence-corrected chi connectivity index (χ4v) is 5.71. The van der Waals surface area contributed by atoms with Crippen molar-refractivity contribution < 1.29 is 9.53 Å². The Morgan fingerprint density at radius 2 is 1.64 bits per heavy atom. The minimum atomic E-state index is 0.115. The summed E-state index contributed by atoms with van der Waals surface area (Å²) in [4.78, 5) is 27.6. The molecule has 2 fully saturated rings. The maximum absolute atomic E-state index is 13.8. The average Bonchev–Trinajstić information content (AvgIpc) is 2.92. The highest BCUT2D eigenvalue weighted by Crippen LogP contribution is 2.33. The second-order valence-electron chi connectivity index (χ2n) is 9.81. The van der Waals surface area contributed by atoms with E-state index in [1.165, 1.54) is 0 Å². The van der Waals surface area contributed by atoms with Crippen LogP contribution in [0.3, 0.4) is 0 Å². The van der Waals surface area contributed by atoms with Crippen molar-refractivity contribution in [2.75, 3.05) is 37.7 Å². The van der Waals surface area contributed by atoms with Crippen molar-refractivity contribution in [1.82, 2.24) is 14.9 Å². The van der Waals surface area contributed by atoms with Crippen LogP contribution in [0.4, 0.5) is 5.95 Å². The molecule has 0 spiro atoms. The number of hydrogen-bond donors (Lipinski definition) is 0. The highest BCUT2D eigenvalue weighted by molar-refractivity contribution is 6.01. The molecule has 0 saturated carbocycles. The summed E-state index contributed by atoms with van der Waals surface area (Å²) >= 11 is 0. The molecule has 0 N–H and O–H groups in total. The van der Waals surface area contributed by atoms with Gasteiger partial charge in [0.15, 0.2) is 0 Å². The van der Waals surface area contributed by atoms with Crippen LogP contribution < -0.4 is 9.64 Å². The largest absolute Gasteiger partial charge is 0.494 e. The third-order valence-corrected chi connectivity index (χ3v) is 7.26. The molecule has 36 heavy (non-hydrogen) atoms. The molecule has 2 aliphatic heterocycles. The van der Waals surface area contributed by atoms with Crippen LogP contribution in [0.5, 0.6) is 5.75 Å². The predicted molar refractivity (Wildman–Crippen MR) is 142 cm³/mol. The average molecular weight is 479 g/mol. The molecule has 6 nitrogen and oxygen atoms in total. The van der Waals surface area contributed by atoms with E-state index in [0.717, 1.165) is 71.9 Å². The van der Waals surface area contributed by atoms with Crippen molar-refractivity contribution in [3.05, 3.63) is 84.6 Å². The number of piperidine rings is 2. The van der Waals surface area contributed by atoms with Crippen LogP contribution in [0.15, 0.2) is 79.0 Å². The summed E-state index contributed by atoms with van der Waals surface area (Å²) in [6.07, 6.45) is 3.06. The monoisotopic (exact) mass is 478 g/mol. The van der Waals surface area contributed by atoms with E-state index in [1.54, 1.807) is 0 Å². The molecule has 0 radical (unpaired) electrons. The van der Waals surface area contributed by atoms with Gasteiger partial charge in [0.2, 0.25) is 5.95 Å². The second-order valence-corrected chi connectivity index (χ2v) is 9.81. The number of likely N-dealkylation sites (tertiary alicyclic amines) is 1. The Morgan fingerprint density at radius 1 is 0.917 bits per heavy atom. The third kappa shape index (κ3) is 4.39. The summed E-state index contributed by atoms with van der Waals surface area (Å²) in [5, 5.41) is 1.06. The number of anilines is 1. The van der Waals surface area contributed by atoms with E-state index in [0.29, 0.717) is 18.4 Å². The van der Waals surface area contributed by atoms with Crippen LogP contribution in [-0.2, 0) is 0 Å². The Kier molecular flexibility index (Phi) is 6.01. The lowest BCUT2D eigenvalue weighted by Gasteiger charge is -2.46. The minimum absolute atomic E-state index is 0.115. The highest BCUT2D eigenvalue weighted by atomic mass is 16.5. The fourth-order valence-electron chi connectivity index (χ4n) is 5.71. The number of aromatic nitrogens is 2. The summed E-state index contributed by atoms with van der Waals surface area (Å²) in [5.41, 5.74) is 3.73. The summed E-state index contributed by atoms with van der Waals surface area (Å²) in [6.45, 7) is 5.88. The van der Waals surface area contributed by atoms with Crippen LogP contribution in [0.2, 0.25) is 0 Å². The first-order valence-electron chi connectivity index (χ1n) is 12.8. The number of amides is 1. The van der Waals surface area contributed by atoms with Gasteiger partial charge in [-0.05, 0) is 60.6 Å². The van der Waals surface area contributed by atoms with E-state index in [4.69, 9.17) is 9.72 Å². The molecule has 3 aromatic carbocycles. The van der Waals surface area contributed by atoms with Crippen LogP contribution in [0.1, 0.15) is 23.7 Å². The molecule has 1 amide bonds. The van der Waals surface area contributed by atoms with Crippen molar-refractivity contribution in [2.45, 2.75) is 13.3 Å². The maximum atomic E-state index is 13.8. The van der Waals surface area contributed by atoms with E-state index in [9.17, 15) is 4.79 Å². The summed E-state index contributed by atoms with van der Waals surface area (Å²) in [6, 6.07) is 24.0. The SMILES string of the molecule is CCOc1ccc(-c2ccccc2C(=O)N2CC3CC(C2)CN(c2ncc4ccccc4n2)C3)cc1. The van der Waals surface area contributed by atoms with Gasteiger partial charge in [0.1, 0.15) is 5.75 Å². The van der Waals surface area contributed by atoms with Crippen LogP contribution in [0.25, 0.3) is 22.0 Å². The number of fused-ring (bicyclic) bond motifs is 3. The molecule has 2 bridgehead atoms. The fraction of sp³-hybridized carbons (Fsp3) is 0.300. The number of para-hydroxylation sites is 1. The van der Waals surface area contributed by atoms with Crippen molar-refractivity contribution in [2.24, 2.45) is 11.8 Å². The first-order valence-corrected chi connectivity index (χ1v) is 12.8. The number of carbonyl (C=O) groups excluding carboxylic acids is 1. The quantitative estimate of drug-likeness (QED) is 0.390. The first kappa shape index (κ1) is 22.5. The Hall–Kier alpha value is -3.93. The van der Waals surface area contributed by atoms with Crippen LogP contribution in [-0.4, -0.2) is 53.6 Å². The Labute approximate surface area is 211 Å². The zero-order chi connectivity index (χ0) is 24.5. The molecule has 2 saturated heterocycles. The maximum Gasteiger partial charge on any atom is 0.254 e. The normalized spacial score (nSPS) is 19.4. The number of ether oxygens (including phenoxy) is 1. The topological polar surface area (TPSA) is 58.6 Å². The minimum Gasteiger partial charge on any atom is -0.494 e. The van der Waals surface area contributed by atoms with Gasteiger partial charge in [-0.1, -0.05) is 48.5 Å². The van der Waals surface area contributed by atoms with Gasteiger partial charge < -0.3 is 14.5 Å². The summed E-state index contributed by atoms with van der Waals surface area (Å²) in [7, 11) is 0. The molecular weight excluding hydrogens is 448 g/mol. The molecule has 6 heteroatoms. The van der Waals surface area contributed by atoms with E-state index in [-0.39, 0.29) is 5.91 Å². The lowest BCUT2D eigenvalue weighted by molar-refractivity contribution is 0.0564. The van der Waals surface area contributed by atoms with Gasteiger partial charge in [-0.3, -0.25) is 4.79 Å². The summed E-state index contributed by atoms with van der Waals surface area (Å²) in [5.74, 6) is 2.57. The number of hydrogen-bond acceptors (Lipinski definition) is 5. The first-order chi connectivity index (χ1) is 17.7. The number of benzene rings is 3. The van der Waals surface area contributed by atoms with Gasteiger partial charge in [-0.25, -0.2) is 9.97 Å². The predicted octanol–water partition coefficient (Wildman–Crippen LogP) is 5.29. The molecule has 2 atom stereocenters. The highest BCUT2D eigenvalue weighted by Gasteiger charge is 2.37. The molecule has 3 heterocycles. The van der Waals surface area contributed by atoms with Crippen molar-refractivity contribution in [1.29, 1.82) is 0 Å². The van der Waals surface area contributed by atoms with Gasteiger partial charge in [0.05, 0.1) is 12.1 Å². The number of rotatable bonds is 5. The van der Waals surface area contributed by atoms with E-state index >= 15 is 0 Å². The molecule has 6 rings (SSSR count). The smallest absolute Gasteiger partial charge is 0.254 e. The molecule has 2 aliphatic rings. The van der Waals surface area contributed by atoms with Gasteiger partial charge in [0, 0.05) is 43.3 Å². The molecule has 4 aromatic rings. The Balaban J connectivity index is 1.19. The van der Waals surface area contributed by atoms with E-state index < -0.39 is 0 Å².